The lowest BCUT2D eigenvalue weighted by Gasteiger charge is -2.22. The fourth-order valence-corrected chi connectivity index (χ4v) is 2.28. The van der Waals surface area contributed by atoms with Crippen LogP contribution < -0.4 is 5.32 Å². The van der Waals surface area contributed by atoms with Crippen molar-refractivity contribution in [1.82, 2.24) is 10.3 Å². The van der Waals surface area contributed by atoms with Crippen LogP contribution in [0.25, 0.3) is 0 Å². The van der Waals surface area contributed by atoms with Gasteiger partial charge in [-0.3, -0.25) is 4.98 Å². The Morgan fingerprint density at radius 1 is 1.00 bits per heavy atom. The van der Waals surface area contributed by atoms with Crippen molar-refractivity contribution in [2.24, 2.45) is 5.92 Å². The summed E-state index contributed by atoms with van der Waals surface area (Å²) in [6, 6.07) is 12.1. The Bertz CT molecular complexity index is 691. The second-order valence-electron chi connectivity index (χ2n) is 6.03. The molecule has 2 unspecified atom stereocenters. The summed E-state index contributed by atoms with van der Waals surface area (Å²) >= 11 is 0. The van der Waals surface area contributed by atoms with Crippen molar-refractivity contribution in [3.8, 4) is 0 Å². The molecule has 2 rings (SSSR count). The molecule has 1 aromatic carbocycles. The minimum atomic E-state index is -0.759. The number of alkyl carbamates (subject to hydrolysis) is 1. The van der Waals surface area contributed by atoms with Gasteiger partial charge in [0.15, 0.2) is 0 Å². The van der Waals surface area contributed by atoms with E-state index < -0.39 is 18.1 Å². The Morgan fingerprint density at radius 3 is 2.27 bits per heavy atom. The highest BCUT2D eigenvalue weighted by atomic mass is 16.6. The third kappa shape index (κ3) is 6.20. The lowest BCUT2D eigenvalue weighted by molar-refractivity contribution is -0.148. The van der Waals surface area contributed by atoms with E-state index >= 15 is 0 Å². The number of hydrogen-bond acceptors (Lipinski definition) is 5. The van der Waals surface area contributed by atoms with E-state index in [4.69, 9.17) is 9.47 Å². The van der Waals surface area contributed by atoms with Gasteiger partial charge in [-0.2, -0.15) is 0 Å². The second-order valence-corrected chi connectivity index (χ2v) is 6.03. The van der Waals surface area contributed by atoms with Crippen molar-refractivity contribution in [3.63, 3.8) is 0 Å². The lowest BCUT2D eigenvalue weighted by atomic mass is 9.99. The number of amides is 1. The lowest BCUT2D eigenvalue weighted by Crippen LogP contribution is -2.46. The maximum Gasteiger partial charge on any atom is 0.408 e. The van der Waals surface area contributed by atoms with Gasteiger partial charge in [0.1, 0.15) is 19.3 Å². The molecule has 0 aliphatic rings. The van der Waals surface area contributed by atoms with Crippen molar-refractivity contribution < 1.29 is 19.1 Å². The molecule has 1 heterocycles. The van der Waals surface area contributed by atoms with Gasteiger partial charge in [0.2, 0.25) is 0 Å². The molecule has 0 spiro atoms. The summed E-state index contributed by atoms with van der Waals surface area (Å²) in [6.07, 6.45) is 3.34. The molecule has 6 heteroatoms. The quantitative estimate of drug-likeness (QED) is 0.733. The molecule has 0 radical (unpaired) electrons. The van der Waals surface area contributed by atoms with Crippen LogP contribution in [0.1, 0.15) is 31.4 Å². The summed E-state index contributed by atoms with van der Waals surface area (Å²) in [4.78, 5) is 28.4. The number of nitrogens with one attached hydrogen (secondary N) is 1. The Morgan fingerprint density at radius 2 is 1.62 bits per heavy atom. The molecule has 6 nitrogen and oxygen atoms in total. The molecule has 0 fully saturated rings. The first kappa shape index (κ1) is 19.4. The summed E-state index contributed by atoms with van der Waals surface area (Å²) in [7, 11) is 0. The standard InChI is InChI=1S/C20H24N2O4/c1-3-15(2)18(19(23)25-13-17-9-11-21-12-10-17)22-20(24)26-14-16-7-5-4-6-8-16/h4-12,15,18H,3,13-14H2,1-2H3,(H,22,24). The van der Waals surface area contributed by atoms with E-state index in [0.717, 1.165) is 11.1 Å². The van der Waals surface area contributed by atoms with Crippen LogP contribution in [0.4, 0.5) is 4.79 Å². The van der Waals surface area contributed by atoms with E-state index in [9.17, 15) is 9.59 Å². The van der Waals surface area contributed by atoms with Crippen molar-refractivity contribution in [2.45, 2.75) is 39.5 Å². The van der Waals surface area contributed by atoms with Crippen molar-refractivity contribution >= 4 is 12.1 Å². The van der Waals surface area contributed by atoms with Gasteiger partial charge in [-0.25, -0.2) is 9.59 Å². The average molecular weight is 356 g/mol. The van der Waals surface area contributed by atoms with E-state index in [0.29, 0.717) is 6.42 Å². The molecule has 0 bridgehead atoms. The van der Waals surface area contributed by atoms with E-state index in [1.54, 1.807) is 24.5 Å². The maximum absolute atomic E-state index is 12.4. The zero-order chi connectivity index (χ0) is 18.8. The first-order chi connectivity index (χ1) is 12.6. The van der Waals surface area contributed by atoms with Crippen LogP contribution in [0.15, 0.2) is 54.9 Å². The second kappa shape index (κ2) is 10.2. The smallest absolute Gasteiger partial charge is 0.408 e. The molecule has 138 valence electrons. The largest absolute Gasteiger partial charge is 0.459 e. The minimum Gasteiger partial charge on any atom is -0.459 e. The average Bonchev–Trinajstić information content (AvgIpc) is 2.69. The summed E-state index contributed by atoms with van der Waals surface area (Å²) in [5.41, 5.74) is 1.71. The van der Waals surface area contributed by atoms with E-state index in [1.807, 2.05) is 44.2 Å². The number of hydrogen-bond donors (Lipinski definition) is 1. The third-order valence-corrected chi connectivity index (χ3v) is 4.08. The first-order valence-corrected chi connectivity index (χ1v) is 8.63. The molecule has 0 saturated carbocycles. The fourth-order valence-electron chi connectivity index (χ4n) is 2.28. The zero-order valence-electron chi connectivity index (χ0n) is 15.1. The molecule has 1 amide bonds. The predicted octanol–water partition coefficient (Wildman–Crippen LogP) is 3.47. The summed E-state index contributed by atoms with van der Waals surface area (Å²) in [6.45, 7) is 4.11. The van der Waals surface area contributed by atoms with Crippen LogP contribution in [0.2, 0.25) is 0 Å². The van der Waals surface area contributed by atoms with Gasteiger partial charge in [-0.15, -0.1) is 0 Å². The number of aromatic nitrogens is 1. The number of nitrogens with zero attached hydrogens (tertiary/aromatic N) is 1. The van der Waals surface area contributed by atoms with Crippen LogP contribution in [0.5, 0.6) is 0 Å². The van der Waals surface area contributed by atoms with Crippen molar-refractivity contribution in [1.29, 1.82) is 0 Å². The minimum absolute atomic E-state index is 0.0794. The van der Waals surface area contributed by atoms with Crippen LogP contribution in [0.3, 0.4) is 0 Å². The van der Waals surface area contributed by atoms with Gasteiger partial charge >= 0.3 is 12.1 Å². The Hall–Kier alpha value is -2.89. The third-order valence-electron chi connectivity index (χ3n) is 4.08. The van der Waals surface area contributed by atoms with E-state index in [2.05, 4.69) is 10.3 Å². The number of rotatable bonds is 8. The molecule has 2 atom stereocenters. The number of carbonyl (C=O) groups excluding carboxylic acids is 2. The molecular formula is C20H24N2O4. The van der Waals surface area contributed by atoms with Crippen LogP contribution in [0, 0.1) is 5.92 Å². The molecule has 0 aliphatic heterocycles. The van der Waals surface area contributed by atoms with E-state index in [-0.39, 0.29) is 19.1 Å². The van der Waals surface area contributed by atoms with Crippen LogP contribution >= 0.6 is 0 Å². The molecule has 1 N–H and O–H groups in total. The van der Waals surface area contributed by atoms with Crippen molar-refractivity contribution in [2.75, 3.05) is 0 Å². The summed E-state index contributed by atoms with van der Waals surface area (Å²) in [5, 5.41) is 2.63. The molecule has 1 aromatic heterocycles. The van der Waals surface area contributed by atoms with Crippen LogP contribution in [-0.2, 0) is 27.5 Å². The molecule has 2 aromatic rings. The molecular weight excluding hydrogens is 332 g/mol. The number of esters is 1. The SMILES string of the molecule is CCC(C)C(NC(=O)OCc1ccccc1)C(=O)OCc1ccncc1. The van der Waals surface area contributed by atoms with Gasteiger partial charge in [-0.1, -0.05) is 50.6 Å². The number of pyridine rings is 1. The molecule has 0 saturated heterocycles. The van der Waals surface area contributed by atoms with Gasteiger partial charge in [0.05, 0.1) is 0 Å². The summed E-state index contributed by atoms with van der Waals surface area (Å²) < 4.78 is 10.5. The Labute approximate surface area is 153 Å². The van der Waals surface area contributed by atoms with Gasteiger partial charge < -0.3 is 14.8 Å². The predicted molar refractivity (Wildman–Crippen MR) is 97.0 cm³/mol. The highest BCUT2D eigenvalue weighted by Crippen LogP contribution is 2.12. The van der Waals surface area contributed by atoms with E-state index in [1.165, 1.54) is 0 Å². The molecule has 26 heavy (non-hydrogen) atoms. The van der Waals surface area contributed by atoms with Crippen LogP contribution in [-0.4, -0.2) is 23.1 Å². The number of ether oxygens (including phenoxy) is 2. The first-order valence-electron chi connectivity index (χ1n) is 8.63. The topological polar surface area (TPSA) is 77.5 Å². The highest BCUT2D eigenvalue weighted by molar-refractivity contribution is 5.81. The normalized spacial score (nSPS) is 12.7. The maximum atomic E-state index is 12.4. The highest BCUT2D eigenvalue weighted by Gasteiger charge is 2.28. The Kier molecular flexibility index (Phi) is 7.61. The van der Waals surface area contributed by atoms with Crippen molar-refractivity contribution in [3.05, 3.63) is 66.0 Å². The van der Waals surface area contributed by atoms with Gasteiger partial charge in [-0.05, 0) is 29.2 Å². The Balaban J connectivity index is 1.89. The number of benzene rings is 1. The zero-order valence-corrected chi connectivity index (χ0v) is 15.1. The summed E-state index contributed by atoms with van der Waals surface area (Å²) in [5.74, 6) is -0.558. The van der Waals surface area contributed by atoms with Gasteiger partial charge in [0.25, 0.3) is 0 Å². The fraction of sp³-hybridized carbons (Fsp3) is 0.350. The monoisotopic (exact) mass is 356 g/mol. The van der Waals surface area contributed by atoms with Gasteiger partial charge in [0, 0.05) is 12.4 Å². The molecule has 0 aliphatic carbocycles. The number of carbonyl (C=O) groups is 2.